The molecule has 0 radical (unpaired) electrons. The SMILES string of the molecule is CCOC(=O)c1c(C)[nH]c2c1CC/C2=C1/C(=O)Nc2ccc(N3CCOC[C@@H]3C)cc21. The summed E-state index contributed by atoms with van der Waals surface area (Å²) in [6.45, 7) is 8.41. The second kappa shape index (κ2) is 7.57. The zero-order valence-electron chi connectivity index (χ0n) is 18.1. The minimum Gasteiger partial charge on any atom is -0.462 e. The fourth-order valence-electron chi connectivity index (χ4n) is 5.03. The summed E-state index contributed by atoms with van der Waals surface area (Å²) in [5, 5.41) is 3.02. The van der Waals surface area contributed by atoms with E-state index in [1.54, 1.807) is 6.92 Å². The van der Waals surface area contributed by atoms with E-state index in [0.29, 0.717) is 37.4 Å². The third kappa shape index (κ3) is 3.15. The van der Waals surface area contributed by atoms with Crippen molar-refractivity contribution in [3.05, 3.63) is 46.3 Å². The number of rotatable bonds is 3. The van der Waals surface area contributed by atoms with Crippen LogP contribution in [-0.4, -0.2) is 49.3 Å². The van der Waals surface area contributed by atoms with Crippen LogP contribution in [0.4, 0.5) is 11.4 Å². The Morgan fingerprint density at radius 1 is 1.32 bits per heavy atom. The molecule has 2 aliphatic heterocycles. The molecule has 1 aromatic carbocycles. The number of nitrogens with one attached hydrogen (secondary N) is 2. The summed E-state index contributed by atoms with van der Waals surface area (Å²) in [4.78, 5) is 31.2. The van der Waals surface area contributed by atoms with Crippen LogP contribution >= 0.6 is 0 Å². The number of fused-ring (bicyclic) bond motifs is 2. The van der Waals surface area contributed by atoms with Crippen LogP contribution in [-0.2, 0) is 20.7 Å². The van der Waals surface area contributed by atoms with Gasteiger partial charge in [0.2, 0.25) is 0 Å². The minimum atomic E-state index is -0.302. The van der Waals surface area contributed by atoms with Gasteiger partial charge in [0.05, 0.1) is 31.0 Å². The minimum absolute atomic E-state index is 0.0880. The lowest BCUT2D eigenvalue weighted by atomic mass is 9.98. The number of esters is 1. The van der Waals surface area contributed by atoms with Gasteiger partial charge in [-0.2, -0.15) is 0 Å². The topological polar surface area (TPSA) is 83.7 Å². The molecule has 0 saturated carbocycles. The molecule has 31 heavy (non-hydrogen) atoms. The first-order valence-electron chi connectivity index (χ1n) is 10.9. The molecule has 1 amide bonds. The molecule has 1 fully saturated rings. The van der Waals surface area contributed by atoms with Crippen LogP contribution in [0.5, 0.6) is 0 Å². The Morgan fingerprint density at radius 3 is 2.94 bits per heavy atom. The maximum absolute atomic E-state index is 13.0. The molecule has 1 atom stereocenters. The van der Waals surface area contributed by atoms with Gasteiger partial charge in [0, 0.05) is 40.9 Å². The lowest BCUT2D eigenvalue weighted by molar-refractivity contribution is -0.110. The van der Waals surface area contributed by atoms with E-state index < -0.39 is 0 Å². The molecule has 3 aliphatic rings. The number of H-pyrrole nitrogens is 1. The molecule has 0 unspecified atom stereocenters. The maximum Gasteiger partial charge on any atom is 0.340 e. The van der Waals surface area contributed by atoms with Gasteiger partial charge in [0.1, 0.15) is 0 Å². The number of carbonyl (C=O) groups excluding carboxylic acids is 2. The lowest BCUT2D eigenvalue weighted by Gasteiger charge is -2.35. The summed E-state index contributed by atoms with van der Waals surface area (Å²) in [7, 11) is 0. The molecule has 162 valence electrons. The molecule has 7 heteroatoms. The fraction of sp³-hybridized carbons (Fsp3) is 0.417. The maximum atomic E-state index is 13.0. The number of benzene rings is 1. The van der Waals surface area contributed by atoms with Crippen molar-refractivity contribution < 1.29 is 19.1 Å². The predicted octanol–water partition coefficient (Wildman–Crippen LogP) is 3.53. The number of morpholine rings is 1. The van der Waals surface area contributed by atoms with Crippen LogP contribution in [0.1, 0.15) is 53.1 Å². The molecule has 2 aromatic rings. The van der Waals surface area contributed by atoms with E-state index in [1.807, 2.05) is 13.0 Å². The molecule has 1 saturated heterocycles. The Balaban J connectivity index is 1.59. The van der Waals surface area contributed by atoms with Gasteiger partial charge in [-0.05, 0) is 62.9 Å². The fourth-order valence-corrected chi connectivity index (χ4v) is 5.03. The number of carbonyl (C=O) groups is 2. The summed E-state index contributed by atoms with van der Waals surface area (Å²) in [5.41, 5.74) is 7.77. The van der Waals surface area contributed by atoms with Gasteiger partial charge >= 0.3 is 5.97 Å². The number of nitrogens with zero attached hydrogens (tertiary/aromatic N) is 1. The van der Waals surface area contributed by atoms with Gasteiger partial charge < -0.3 is 24.7 Å². The van der Waals surface area contributed by atoms with Gasteiger partial charge in [-0.25, -0.2) is 4.79 Å². The predicted molar refractivity (Wildman–Crippen MR) is 119 cm³/mol. The highest BCUT2D eigenvalue weighted by Crippen LogP contribution is 2.45. The van der Waals surface area contributed by atoms with Crippen molar-refractivity contribution in [2.24, 2.45) is 0 Å². The van der Waals surface area contributed by atoms with Gasteiger partial charge in [-0.1, -0.05) is 0 Å². The van der Waals surface area contributed by atoms with Crippen LogP contribution in [0.3, 0.4) is 0 Å². The highest BCUT2D eigenvalue weighted by molar-refractivity contribution is 6.37. The molecule has 1 aliphatic carbocycles. The quantitative estimate of drug-likeness (QED) is 0.585. The lowest BCUT2D eigenvalue weighted by Crippen LogP contribution is -2.43. The molecule has 0 bridgehead atoms. The number of aryl methyl sites for hydroxylation is 1. The smallest absolute Gasteiger partial charge is 0.340 e. The average Bonchev–Trinajstić information content (AvgIpc) is 3.38. The van der Waals surface area contributed by atoms with Crippen molar-refractivity contribution in [3.63, 3.8) is 0 Å². The highest BCUT2D eigenvalue weighted by atomic mass is 16.5. The number of aromatic nitrogens is 1. The Morgan fingerprint density at radius 2 is 2.16 bits per heavy atom. The second-order valence-corrected chi connectivity index (χ2v) is 8.35. The molecule has 3 heterocycles. The van der Waals surface area contributed by atoms with Crippen LogP contribution in [0.15, 0.2) is 18.2 Å². The summed E-state index contributed by atoms with van der Waals surface area (Å²) >= 11 is 0. The number of amides is 1. The molecular weight excluding hydrogens is 394 g/mol. The summed E-state index contributed by atoms with van der Waals surface area (Å²) in [6, 6.07) is 6.44. The van der Waals surface area contributed by atoms with Crippen LogP contribution in [0.2, 0.25) is 0 Å². The van der Waals surface area contributed by atoms with Crippen molar-refractivity contribution in [1.82, 2.24) is 4.98 Å². The van der Waals surface area contributed by atoms with Crippen molar-refractivity contribution in [2.75, 3.05) is 36.6 Å². The summed E-state index contributed by atoms with van der Waals surface area (Å²) < 4.78 is 10.8. The average molecular weight is 421 g/mol. The van der Waals surface area contributed by atoms with Crippen LogP contribution < -0.4 is 10.2 Å². The first-order valence-corrected chi connectivity index (χ1v) is 10.9. The van der Waals surface area contributed by atoms with E-state index >= 15 is 0 Å². The van der Waals surface area contributed by atoms with E-state index in [0.717, 1.165) is 52.4 Å². The number of aromatic amines is 1. The van der Waals surface area contributed by atoms with Crippen molar-refractivity contribution in [2.45, 2.75) is 39.7 Å². The molecule has 7 nitrogen and oxygen atoms in total. The zero-order chi connectivity index (χ0) is 21.7. The Bertz CT molecular complexity index is 1110. The Hall–Kier alpha value is -3.06. The van der Waals surface area contributed by atoms with E-state index in [1.165, 1.54) is 0 Å². The van der Waals surface area contributed by atoms with E-state index in [2.05, 4.69) is 34.3 Å². The van der Waals surface area contributed by atoms with Crippen molar-refractivity contribution >= 4 is 34.4 Å². The third-order valence-electron chi connectivity index (χ3n) is 6.45. The van der Waals surface area contributed by atoms with Crippen molar-refractivity contribution in [3.8, 4) is 0 Å². The number of anilines is 2. The standard InChI is InChI=1S/C24H27N3O4/c1-4-31-24(29)20-14(3)25-22-16(20)6-7-17(22)21-18-11-15(5-8-19(18)26-23(21)28)27-9-10-30-12-13(27)2/h5,8,11,13,25H,4,6-7,9-10,12H2,1-3H3,(H,26,28)/b21-17-/t13-/m0/s1. The van der Waals surface area contributed by atoms with Gasteiger partial charge in [0.15, 0.2) is 0 Å². The third-order valence-corrected chi connectivity index (χ3v) is 6.45. The monoisotopic (exact) mass is 421 g/mol. The second-order valence-electron chi connectivity index (χ2n) is 8.35. The largest absolute Gasteiger partial charge is 0.462 e. The first-order chi connectivity index (χ1) is 15.0. The van der Waals surface area contributed by atoms with Gasteiger partial charge in [-0.15, -0.1) is 0 Å². The normalized spacial score (nSPS) is 22.4. The van der Waals surface area contributed by atoms with Crippen LogP contribution in [0, 0.1) is 6.92 Å². The van der Waals surface area contributed by atoms with Crippen LogP contribution in [0.25, 0.3) is 11.1 Å². The number of hydrogen-bond donors (Lipinski definition) is 2. The first kappa shape index (κ1) is 19.9. The molecule has 0 spiro atoms. The number of ether oxygens (including phenoxy) is 2. The van der Waals surface area contributed by atoms with Crippen molar-refractivity contribution in [1.29, 1.82) is 0 Å². The Kier molecular flexibility index (Phi) is 4.85. The van der Waals surface area contributed by atoms with E-state index in [9.17, 15) is 9.59 Å². The zero-order valence-corrected chi connectivity index (χ0v) is 18.1. The Labute approximate surface area is 181 Å². The van der Waals surface area contributed by atoms with E-state index in [-0.39, 0.29) is 17.9 Å². The summed E-state index contributed by atoms with van der Waals surface area (Å²) in [6.07, 6.45) is 1.43. The summed E-state index contributed by atoms with van der Waals surface area (Å²) in [5.74, 6) is -0.390. The molecular formula is C24H27N3O4. The van der Waals surface area contributed by atoms with Gasteiger partial charge in [0.25, 0.3) is 5.91 Å². The molecule has 5 rings (SSSR count). The van der Waals surface area contributed by atoms with E-state index in [4.69, 9.17) is 9.47 Å². The number of hydrogen-bond acceptors (Lipinski definition) is 5. The van der Waals surface area contributed by atoms with Gasteiger partial charge in [-0.3, -0.25) is 4.79 Å². The molecule has 1 aromatic heterocycles. The highest BCUT2D eigenvalue weighted by Gasteiger charge is 2.35. The number of allylic oxidation sites excluding steroid dienone is 1. The molecule has 2 N–H and O–H groups in total.